The lowest BCUT2D eigenvalue weighted by atomic mass is 10.1. The second kappa shape index (κ2) is 6.11. The lowest BCUT2D eigenvalue weighted by Gasteiger charge is -2.29. The molecule has 1 N–H and O–H groups in total. The molecule has 0 unspecified atom stereocenters. The standard InChI is InChI=1S/C16H17N3O3/c1-11-13(16(20)21)15(19-7-9-22-10-8-19)18-14(17-11)12-5-3-2-4-6-12/h2-6H,7-10H2,1H3,(H,20,21). The van der Waals surface area contributed by atoms with Crippen molar-refractivity contribution in [2.75, 3.05) is 31.2 Å². The Bertz CT molecular complexity index is 683. The number of hydrogen-bond donors (Lipinski definition) is 1. The molecule has 1 saturated heterocycles. The fourth-order valence-corrected chi connectivity index (χ4v) is 2.53. The zero-order chi connectivity index (χ0) is 15.5. The van der Waals surface area contributed by atoms with Crippen LogP contribution in [-0.4, -0.2) is 47.3 Å². The molecule has 1 aromatic carbocycles. The van der Waals surface area contributed by atoms with Gasteiger partial charge in [-0.25, -0.2) is 14.8 Å². The number of carboxylic acid groups (broad SMARTS) is 1. The molecular weight excluding hydrogens is 282 g/mol. The minimum absolute atomic E-state index is 0.168. The van der Waals surface area contributed by atoms with Crippen molar-refractivity contribution in [3.8, 4) is 11.4 Å². The monoisotopic (exact) mass is 299 g/mol. The number of aromatic carboxylic acids is 1. The van der Waals surface area contributed by atoms with E-state index in [0.29, 0.717) is 43.6 Å². The highest BCUT2D eigenvalue weighted by molar-refractivity contribution is 5.95. The van der Waals surface area contributed by atoms with Gasteiger partial charge in [0.1, 0.15) is 11.4 Å². The summed E-state index contributed by atoms with van der Waals surface area (Å²) < 4.78 is 5.33. The van der Waals surface area contributed by atoms with Gasteiger partial charge in [-0.2, -0.15) is 0 Å². The van der Waals surface area contributed by atoms with Crippen LogP contribution in [0.25, 0.3) is 11.4 Å². The molecular formula is C16H17N3O3. The van der Waals surface area contributed by atoms with Crippen LogP contribution < -0.4 is 4.90 Å². The lowest BCUT2D eigenvalue weighted by Crippen LogP contribution is -2.38. The number of carboxylic acids is 1. The van der Waals surface area contributed by atoms with Crippen molar-refractivity contribution in [3.63, 3.8) is 0 Å². The van der Waals surface area contributed by atoms with Crippen LogP contribution in [0.3, 0.4) is 0 Å². The normalized spacial score (nSPS) is 14.9. The summed E-state index contributed by atoms with van der Waals surface area (Å²) in [4.78, 5) is 22.4. The molecule has 1 aliphatic rings. The predicted molar refractivity (Wildman–Crippen MR) is 82.2 cm³/mol. The van der Waals surface area contributed by atoms with Crippen molar-refractivity contribution in [1.29, 1.82) is 0 Å². The van der Waals surface area contributed by atoms with E-state index in [0.717, 1.165) is 5.56 Å². The number of morpholine rings is 1. The molecule has 0 aliphatic carbocycles. The third-order valence-electron chi connectivity index (χ3n) is 3.63. The summed E-state index contributed by atoms with van der Waals surface area (Å²) in [5.74, 6) is 0.0188. The minimum Gasteiger partial charge on any atom is -0.477 e. The van der Waals surface area contributed by atoms with Gasteiger partial charge >= 0.3 is 5.97 Å². The van der Waals surface area contributed by atoms with Crippen molar-refractivity contribution in [1.82, 2.24) is 9.97 Å². The van der Waals surface area contributed by atoms with Gasteiger partial charge in [0.25, 0.3) is 0 Å². The maximum atomic E-state index is 11.6. The molecule has 0 radical (unpaired) electrons. The lowest BCUT2D eigenvalue weighted by molar-refractivity contribution is 0.0694. The van der Waals surface area contributed by atoms with E-state index in [9.17, 15) is 9.90 Å². The Morgan fingerprint density at radius 2 is 1.86 bits per heavy atom. The number of aromatic nitrogens is 2. The molecule has 0 atom stereocenters. The average molecular weight is 299 g/mol. The summed E-state index contributed by atoms with van der Waals surface area (Å²) in [6, 6.07) is 9.57. The highest BCUT2D eigenvalue weighted by Gasteiger charge is 2.24. The first kappa shape index (κ1) is 14.5. The third kappa shape index (κ3) is 2.78. The average Bonchev–Trinajstić information content (AvgIpc) is 2.55. The molecule has 1 fully saturated rings. The Morgan fingerprint density at radius 1 is 1.18 bits per heavy atom. The Hall–Kier alpha value is -2.47. The van der Waals surface area contributed by atoms with Gasteiger partial charge in [0, 0.05) is 18.7 Å². The second-order valence-corrected chi connectivity index (χ2v) is 5.10. The van der Waals surface area contributed by atoms with Crippen molar-refractivity contribution in [2.24, 2.45) is 0 Å². The van der Waals surface area contributed by atoms with Crippen molar-refractivity contribution < 1.29 is 14.6 Å². The van der Waals surface area contributed by atoms with Crippen LogP contribution >= 0.6 is 0 Å². The summed E-state index contributed by atoms with van der Waals surface area (Å²) >= 11 is 0. The number of hydrogen-bond acceptors (Lipinski definition) is 5. The fraction of sp³-hybridized carbons (Fsp3) is 0.312. The van der Waals surface area contributed by atoms with Gasteiger partial charge in [-0.15, -0.1) is 0 Å². The van der Waals surface area contributed by atoms with Gasteiger partial charge in [0.05, 0.1) is 18.9 Å². The summed E-state index contributed by atoms with van der Waals surface area (Å²) in [6.07, 6.45) is 0. The van der Waals surface area contributed by atoms with Crippen molar-refractivity contribution >= 4 is 11.8 Å². The molecule has 1 aliphatic heterocycles. The molecule has 0 bridgehead atoms. The molecule has 6 nitrogen and oxygen atoms in total. The van der Waals surface area contributed by atoms with Crippen molar-refractivity contribution in [2.45, 2.75) is 6.92 Å². The Labute approximate surface area is 128 Å². The van der Waals surface area contributed by atoms with Gasteiger partial charge in [-0.3, -0.25) is 0 Å². The third-order valence-corrected chi connectivity index (χ3v) is 3.63. The first-order valence-corrected chi connectivity index (χ1v) is 7.17. The summed E-state index contributed by atoms with van der Waals surface area (Å²) in [7, 11) is 0. The minimum atomic E-state index is -1.00. The molecule has 3 rings (SSSR count). The van der Waals surface area contributed by atoms with Crippen LogP contribution in [0.5, 0.6) is 0 Å². The molecule has 114 valence electrons. The number of aryl methyl sites for hydroxylation is 1. The summed E-state index contributed by atoms with van der Waals surface area (Å²) in [5, 5.41) is 9.50. The SMILES string of the molecule is Cc1nc(-c2ccccc2)nc(N2CCOCC2)c1C(=O)O. The Kier molecular flexibility index (Phi) is 4.02. The second-order valence-electron chi connectivity index (χ2n) is 5.10. The zero-order valence-corrected chi connectivity index (χ0v) is 12.3. The zero-order valence-electron chi connectivity index (χ0n) is 12.3. The highest BCUT2D eigenvalue weighted by atomic mass is 16.5. The van der Waals surface area contributed by atoms with Gasteiger partial charge in [-0.1, -0.05) is 30.3 Å². The van der Waals surface area contributed by atoms with Crippen LogP contribution in [0.4, 0.5) is 5.82 Å². The maximum Gasteiger partial charge on any atom is 0.341 e. The topological polar surface area (TPSA) is 75.5 Å². The number of carbonyl (C=O) groups is 1. The van der Waals surface area contributed by atoms with Gasteiger partial charge < -0.3 is 14.7 Å². The van der Waals surface area contributed by atoms with Gasteiger partial charge in [0.2, 0.25) is 0 Å². The maximum absolute atomic E-state index is 11.6. The van der Waals surface area contributed by atoms with Crippen LogP contribution in [0, 0.1) is 6.92 Å². The first-order valence-electron chi connectivity index (χ1n) is 7.17. The highest BCUT2D eigenvalue weighted by Crippen LogP contribution is 2.25. The predicted octanol–water partition coefficient (Wildman–Crippen LogP) is 1.99. The molecule has 2 heterocycles. The van der Waals surface area contributed by atoms with Crippen molar-refractivity contribution in [3.05, 3.63) is 41.6 Å². The molecule has 0 spiro atoms. The van der Waals surface area contributed by atoms with Crippen LogP contribution in [0.15, 0.2) is 30.3 Å². The molecule has 1 aromatic heterocycles. The number of benzene rings is 1. The number of rotatable bonds is 3. The van der Waals surface area contributed by atoms with E-state index in [4.69, 9.17) is 4.74 Å². The number of nitrogens with zero attached hydrogens (tertiary/aromatic N) is 3. The molecule has 6 heteroatoms. The summed E-state index contributed by atoms with van der Waals surface area (Å²) in [5.41, 5.74) is 1.52. The molecule has 0 amide bonds. The van der Waals surface area contributed by atoms with Gasteiger partial charge in [0.15, 0.2) is 5.82 Å². The quantitative estimate of drug-likeness (QED) is 0.934. The van der Waals surface area contributed by atoms with E-state index in [-0.39, 0.29) is 5.56 Å². The molecule has 2 aromatic rings. The summed E-state index contributed by atoms with van der Waals surface area (Å²) in [6.45, 7) is 4.11. The van der Waals surface area contributed by atoms with E-state index in [2.05, 4.69) is 9.97 Å². The van der Waals surface area contributed by atoms with Crippen LogP contribution in [0.2, 0.25) is 0 Å². The van der Waals surface area contributed by atoms with Crippen LogP contribution in [-0.2, 0) is 4.74 Å². The van der Waals surface area contributed by atoms with E-state index in [1.54, 1.807) is 6.92 Å². The molecule has 0 saturated carbocycles. The fourth-order valence-electron chi connectivity index (χ4n) is 2.53. The van der Waals surface area contributed by atoms with E-state index >= 15 is 0 Å². The van der Waals surface area contributed by atoms with Gasteiger partial charge in [-0.05, 0) is 6.92 Å². The van der Waals surface area contributed by atoms with E-state index < -0.39 is 5.97 Å². The Balaban J connectivity index is 2.11. The smallest absolute Gasteiger partial charge is 0.341 e. The Morgan fingerprint density at radius 3 is 2.50 bits per heavy atom. The van der Waals surface area contributed by atoms with E-state index in [1.165, 1.54) is 0 Å². The van der Waals surface area contributed by atoms with E-state index in [1.807, 2.05) is 35.2 Å². The largest absolute Gasteiger partial charge is 0.477 e. The molecule has 22 heavy (non-hydrogen) atoms. The number of ether oxygens (including phenoxy) is 1. The van der Waals surface area contributed by atoms with Crippen LogP contribution in [0.1, 0.15) is 16.1 Å². The first-order chi connectivity index (χ1) is 10.7. The number of anilines is 1.